The Morgan fingerprint density at radius 2 is 2.08 bits per heavy atom. The fourth-order valence-electron chi connectivity index (χ4n) is 2.94. The first kappa shape index (κ1) is 15.5. The Hall–Kier alpha value is -3.02. The van der Waals surface area contributed by atoms with E-state index in [0.29, 0.717) is 12.8 Å². The van der Waals surface area contributed by atoms with E-state index in [0.717, 1.165) is 33.9 Å². The van der Waals surface area contributed by atoms with Crippen LogP contribution in [0.1, 0.15) is 30.8 Å². The molecule has 6 heteroatoms. The van der Waals surface area contributed by atoms with Gasteiger partial charge in [-0.3, -0.25) is 4.79 Å². The molecule has 1 unspecified atom stereocenters. The van der Waals surface area contributed by atoms with Crippen LogP contribution in [0.2, 0.25) is 0 Å². The van der Waals surface area contributed by atoms with E-state index in [-0.39, 0.29) is 18.7 Å². The SMILES string of the molecule is CC(NC(=O)CCc1nc2ccccc2[nH]1)c1ccc2c(c1)OCO2. The molecule has 25 heavy (non-hydrogen) atoms. The van der Waals surface area contributed by atoms with Gasteiger partial charge in [-0.15, -0.1) is 0 Å². The quantitative estimate of drug-likeness (QED) is 0.750. The first-order valence-corrected chi connectivity index (χ1v) is 8.31. The molecule has 1 amide bonds. The van der Waals surface area contributed by atoms with Crippen LogP contribution in [0.15, 0.2) is 42.5 Å². The van der Waals surface area contributed by atoms with Crippen LogP contribution in [0.25, 0.3) is 11.0 Å². The molecule has 2 N–H and O–H groups in total. The lowest BCUT2D eigenvalue weighted by Crippen LogP contribution is -2.26. The summed E-state index contributed by atoms with van der Waals surface area (Å²) in [6.07, 6.45) is 0.961. The molecule has 0 aliphatic carbocycles. The van der Waals surface area contributed by atoms with Crippen molar-refractivity contribution in [3.05, 3.63) is 53.9 Å². The number of benzene rings is 2. The fourth-order valence-corrected chi connectivity index (χ4v) is 2.94. The van der Waals surface area contributed by atoms with Crippen molar-refractivity contribution in [2.75, 3.05) is 6.79 Å². The molecule has 2 aromatic carbocycles. The first-order chi connectivity index (χ1) is 12.2. The lowest BCUT2D eigenvalue weighted by Gasteiger charge is -2.14. The van der Waals surface area contributed by atoms with Gasteiger partial charge in [0.25, 0.3) is 0 Å². The highest BCUT2D eigenvalue weighted by Crippen LogP contribution is 2.34. The van der Waals surface area contributed by atoms with Crippen molar-refractivity contribution in [2.45, 2.75) is 25.8 Å². The highest BCUT2D eigenvalue weighted by molar-refractivity contribution is 5.77. The molecular formula is C19H19N3O3. The van der Waals surface area contributed by atoms with Crippen molar-refractivity contribution in [1.82, 2.24) is 15.3 Å². The van der Waals surface area contributed by atoms with Crippen LogP contribution < -0.4 is 14.8 Å². The maximum atomic E-state index is 12.2. The molecule has 1 atom stereocenters. The van der Waals surface area contributed by atoms with Crippen LogP contribution >= 0.6 is 0 Å². The molecular weight excluding hydrogens is 318 g/mol. The maximum absolute atomic E-state index is 12.2. The number of nitrogens with one attached hydrogen (secondary N) is 2. The maximum Gasteiger partial charge on any atom is 0.231 e. The van der Waals surface area contributed by atoms with Gasteiger partial charge >= 0.3 is 0 Å². The van der Waals surface area contributed by atoms with E-state index in [1.807, 2.05) is 49.4 Å². The summed E-state index contributed by atoms with van der Waals surface area (Å²) in [5.74, 6) is 2.28. The second-order valence-corrected chi connectivity index (χ2v) is 6.10. The predicted molar refractivity (Wildman–Crippen MR) is 93.5 cm³/mol. The van der Waals surface area contributed by atoms with Crippen molar-refractivity contribution >= 4 is 16.9 Å². The number of nitrogens with zero attached hydrogens (tertiary/aromatic N) is 1. The second kappa shape index (κ2) is 6.47. The summed E-state index contributed by atoms with van der Waals surface area (Å²) >= 11 is 0. The first-order valence-electron chi connectivity index (χ1n) is 8.31. The number of hydrogen-bond acceptors (Lipinski definition) is 4. The average molecular weight is 337 g/mol. The number of aromatic nitrogens is 2. The van der Waals surface area contributed by atoms with Crippen molar-refractivity contribution < 1.29 is 14.3 Å². The largest absolute Gasteiger partial charge is 0.454 e. The Kier molecular flexibility index (Phi) is 4.01. The Morgan fingerprint density at radius 1 is 1.24 bits per heavy atom. The number of aryl methyl sites for hydroxylation is 1. The smallest absolute Gasteiger partial charge is 0.231 e. The molecule has 1 aliphatic heterocycles. The van der Waals surface area contributed by atoms with E-state index in [9.17, 15) is 4.79 Å². The third kappa shape index (κ3) is 3.28. The van der Waals surface area contributed by atoms with E-state index in [4.69, 9.17) is 9.47 Å². The molecule has 0 saturated carbocycles. The van der Waals surface area contributed by atoms with Crippen molar-refractivity contribution in [1.29, 1.82) is 0 Å². The molecule has 6 nitrogen and oxygen atoms in total. The Morgan fingerprint density at radius 3 is 2.96 bits per heavy atom. The lowest BCUT2D eigenvalue weighted by molar-refractivity contribution is -0.121. The summed E-state index contributed by atoms with van der Waals surface area (Å²) in [7, 11) is 0. The van der Waals surface area contributed by atoms with Crippen LogP contribution in [0.3, 0.4) is 0 Å². The summed E-state index contributed by atoms with van der Waals surface area (Å²) in [5, 5.41) is 3.01. The van der Waals surface area contributed by atoms with E-state index >= 15 is 0 Å². The number of aromatic amines is 1. The number of rotatable bonds is 5. The molecule has 3 aromatic rings. The second-order valence-electron chi connectivity index (χ2n) is 6.10. The molecule has 0 saturated heterocycles. The summed E-state index contributed by atoms with van der Waals surface area (Å²) in [6.45, 7) is 2.20. The van der Waals surface area contributed by atoms with Crippen molar-refractivity contribution in [3.8, 4) is 11.5 Å². The summed E-state index contributed by atoms with van der Waals surface area (Å²) < 4.78 is 10.7. The zero-order valence-corrected chi connectivity index (χ0v) is 13.9. The molecule has 0 radical (unpaired) electrons. The highest BCUT2D eigenvalue weighted by Gasteiger charge is 2.17. The molecule has 1 aliphatic rings. The minimum absolute atomic E-state index is 0.00868. The molecule has 2 heterocycles. The third-order valence-electron chi connectivity index (χ3n) is 4.30. The van der Waals surface area contributed by atoms with Crippen LogP contribution in [-0.2, 0) is 11.2 Å². The van der Waals surface area contributed by atoms with Crippen LogP contribution in [0, 0.1) is 0 Å². The summed E-state index contributed by atoms with van der Waals surface area (Å²) in [6, 6.07) is 13.5. The number of imidazole rings is 1. The van der Waals surface area contributed by atoms with Gasteiger partial charge in [0.1, 0.15) is 5.82 Å². The number of ether oxygens (including phenoxy) is 2. The normalized spacial score (nSPS) is 13.8. The zero-order chi connectivity index (χ0) is 17.2. The topological polar surface area (TPSA) is 76.2 Å². The number of fused-ring (bicyclic) bond motifs is 2. The molecule has 0 spiro atoms. The monoisotopic (exact) mass is 337 g/mol. The van der Waals surface area contributed by atoms with E-state index in [1.54, 1.807) is 0 Å². The summed E-state index contributed by atoms with van der Waals surface area (Å²) in [5.41, 5.74) is 2.90. The minimum atomic E-state index is -0.0994. The van der Waals surface area contributed by atoms with Gasteiger partial charge in [-0.05, 0) is 36.8 Å². The molecule has 4 rings (SSSR count). The zero-order valence-electron chi connectivity index (χ0n) is 13.9. The Bertz CT molecular complexity index is 886. The van der Waals surface area contributed by atoms with Gasteiger partial charge < -0.3 is 19.8 Å². The Balaban J connectivity index is 1.35. The number of H-pyrrole nitrogens is 1. The standard InChI is InChI=1S/C19H19N3O3/c1-12(13-6-7-16-17(10-13)25-11-24-16)20-19(23)9-8-18-21-14-4-2-3-5-15(14)22-18/h2-7,10,12H,8-9,11H2,1H3,(H,20,23)(H,21,22). The number of para-hydroxylation sites is 2. The van der Waals surface area contributed by atoms with Gasteiger partial charge in [-0.1, -0.05) is 18.2 Å². The average Bonchev–Trinajstić information content (AvgIpc) is 3.25. The van der Waals surface area contributed by atoms with E-state index in [1.165, 1.54) is 0 Å². The number of carbonyl (C=O) groups excluding carboxylic acids is 1. The van der Waals surface area contributed by atoms with Crippen LogP contribution in [0.5, 0.6) is 11.5 Å². The van der Waals surface area contributed by atoms with Crippen LogP contribution in [-0.4, -0.2) is 22.7 Å². The van der Waals surface area contributed by atoms with Gasteiger partial charge in [-0.2, -0.15) is 0 Å². The van der Waals surface area contributed by atoms with Crippen molar-refractivity contribution in [2.24, 2.45) is 0 Å². The number of hydrogen-bond donors (Lipinski definition) is 2. The number of amides is 1. The molecule has 128 valence electrons. The minimum Gasteiger partial charge on any atom is -0.454 e. The highest BCUT2D eigenvalue weighted by atomic mass is 16.7. The predicted octanol–water partition coefficient (Wildman–Crippen LogP) is 3.10. The van der Waals surface area contributed by atoms with Crippen molar-refractivity contribution in [3.63, 3.8) is 0 Å². The van der Waals surface area contributed by atoms with Gasteiger partial charge in [0.15, 0.2) is 11.5 Å². The van der Waals surface area contributed by atoms with Crippen LogP contribution in [0.4, 0.5) is 0 Å². The molecule has 1 aromatic heterocycles. The third-order valence-corrected chi connectivity index (χ3v) is 4.30. The number of carbonyl (C=O) groups is 1. The summed E-state index contributed by atoms with van der Waals surface area (Å²) in [4.78, 5) is 20.0. The Labute approximate surface area is 145 Å². The van der Waals surface area contributed by atoms with Gasteiger partial charge in [0.05, 0.1) is 17.1 Å². The van der Waals surface area contributed by atoms with Gasteiger partial charge in [0, 0.05) is 12.8 Å². The van der Waals surface area contributed by atoms with Gasteiger partial charge in [0.2, 0.25) is 12.7 Å². The molecule has 0 bridgehead atoms. The molecule has 0 fully saturated rings. The van der Waals surface area contributed by atoms with E-state index < -0.39 is 0 Å². The lowest BCUT2D eigenvalue weighted by atomic mass is 10.1. The van der Waals surface area contributed by atoms with Gasteiger partial charge in [-0.25, -0.2) is 4.98 Å². The fraction of sp³-hybridized carbons (Fsp3) is 0.263. The van der Waals surface area contributed by atoms with E-state index in [2.05, 4.69) is 15.3 Å².